The van der Waals surface area contributed by atoms with E-state index in [-0.39, 0.29) is 5.50 Å². The fourth-order valence-electron chi connectivity index (χ4n) is 1.19. The first-order chi connectivity index (χ1) is 7.24. The molecule has 3 nitrogen and oxygen atoms in total. The predicted molar refractivity (Wildman–Crippen MR) is 62.9 cm³/mol. The SMILES string of the molecule is Clc1cccc(NC2=CC=CC(Cl)N2)n1. The average molecular weight is 242 g/mol. The molecule has 2 heterocycles. The van der Waals surface area contributed by atoms with Gasteiger partial charge in [-0.2, -0.15) is 0 Å². The maximum atomic E-state index is 5.88. The molecule has 1 aliphatic rings. The predicted octanol–water partition coefficient (Wildman–Crippen LogP) is 2.71. The van der Waals surface area contributed by atoms with E-state index in [9.17, 15) is 0 Å². The van der Waals surface area contributed by atoms with E-state index >= 15 is 0 Å². The molecule has 1 aromatic rings. The molecule has 2 rings (SSSR count). The van der Waals surface area contributed by atoms with Crippen LogP contribution in [0.2, 0.25) is 5.15 Å². The first kappa shape index (κ1) is 10.3. The standard InChI is InChI=1S/C10H9Cl2N3/c11-7-3-1-5-9(13-7)15-10-6-2-4-8(12)14-10/h1-7,13H,(H,14,15). The van der Waals surface area contributed by atoms with Crippen molar-refractivity contribution >= 4 is 29.0 Å². The number of rotatable bonds is 2. The van der Waals surface area contributed by atoms with Gasteiger partial charge in [-0.25, -0.2) is 4.98 Å². The smallest absolute Gasteiger partial charge is 0.133 e. The van der Waals surface area contributed by atoms with Crippen LogP contribution in [0.1, 0.15) is 0 Å². The van der Waals surface area contributed by atoms with E-state index in [0.717, 1.165) is 5.82 Å². The molecule has 0 aromatic carbocycles. The van der Waals surface area contributed by atoms with E-state index in [4.69, 9.17) is 23.2 Å². The minimum Gasteiger partial charge on any atom is -0.352 e. The van der Waals surface area contributed by atoms with Gasteiger partial charge in [0.1, 0.15) is 22.3 Å². The molecule has 2 N–H and O–H groups in total. The zero-order valence-corrected chi connectivity index (χ0v) is 9.26. The molecule has 15 heavy (non-hydrogen) atoms. The highest BCUT2D eigenvalue weighted by atomic mass is 35.5. The van der Waals surface area contributed by atoms with E-state index in [1.807, 2.05) is 30.4 Å². The summed E-state index contributed by atoms with van der Waals surface area (Å²) in [5.74, 6) is 1.48. The lowest BCUT2D eigenvalue weighted by Crippen LogP contribution is -2.27. The third-order valence-electron chi connectivity index (χ3n) is 1.81. The molecule has 0 radical (unpaired) electrons. The number of allylic oxidation sites excluding steroid dienone is 2. The van der Waals surface area contributed by atoms with Gasteiger partial charge in [0.2, 0.25) is 0 Å². The number of hydrogen-bond acceptors (Lipinski definition) is 3. The number of pyridine rings is 1. The van der Waals surface area contributed by atoms with Crippen molar-refractivity contribution in [3.63, 3.8) is 0 Å². The lowest BCUT2D eigenvalue weighted by Gasteiger charge is -2.17. The van der Waals surface area contributed by atoms with Crippen LogP contribution in [0.3, 0.4) is 0 Å². The Morgan fingerprint density at radius 1 is 1.40 bits per heavy atom. The third kappa shape index (κ3) is 2.88. The quantitative estimate of drug-likeness (QED) is 0.475. The number of nitrogens with one attached hydrogen (secondary N) is 2. The maximum absolute atomic E-state index is 5.88. The molecule has 0 saturated heterocycles. The zero-order chi connectivity index (χ0) is 10.7. The fraction of sp³-hybridized carbons (Fsp3) is 0.100. The third-order valence-corrected chi connectivity index (χ3v) is 2.28. The van der Waals surface area contributed by atoms with Gasteiger partial charge in [0.05, 0.1) is 0 Å². The highest BCUT2D eigenvalue weighted by Gasteiger charge is 2.06. The molecule has 1 aromatic heterocycles. The van der Waals surface area contributed by atoms with Crippen molar-refractivity contribution in [1.29, 1.82) is 0 Å². The summed E-state index contributed by atoms with van der Waals surface area (Å²) in [6, 6.07) is 5.38. The number of hydrogen-bond donors (Lipinski definition) is 2. The van der Waals surface area contributed by atoms with E-state index in [0.29, 0.717) is 11.0 Å². The topological polar surface area (TPSA) is 37.0 Å². The summed E-state index contributed by atoms with van der Waals surface area (Å²) < 4.78 is 0. The summed E-state index contributed by atoms with van der Waals surface area (Å²) in [6.45, 7) is 0. The van der Waals surface area contributed by atoms with Crippen LogP contribution in [0, 0.1) is 0 Å². The van der Waals surface area contributed by atoms with Crippen molar-refractivity contribution in [3.05, 3.63) is 47.4 Å². The Labute approximate surface area is 97.8 Å². The second-order valence-electron chi connectivity index (χ2n) is 2.98. The highest BCUT2D eigenvalue weighted by molar-refractivity contribution is 6.29. The number of nitrogens with zero attached hydrogens (tertiary/aromatic N) is 1. The summed E-state index contributed by atoms with van der Waals surface area (Å²) in [5, 5.41) is 6.55. The monoisotopic (exact) mass is 241 g/mol. The number of dihydropyridines is 1. The highest BCUT2D eigenvalue weighted by Crippen LogP contribution is 2.12. The molecule has 0 saturated carbocycles. The Kier molecular flexibility index (Phi) is 3.14. The van der Waals surface area contributed by atoms with Crippen molar-refractivity contribution in [1.82, 2.24) is 10.3 Å². The summed E-state index contributed by atoms with van der Waals surface area (Å²) in [4.78, 5) is 4.10. The van der Waals surface area contributed by atoms with Crippen LogP contribution >= 0.6 is 23.2 Å². The number of aromatic nitrogens is 1. The van der Waals surface area contributed by atoms with Crippen LogP contribution in [0.25, 0.3) is 0 Å². The summed E-state index contributed by atoms with van der Waals surface area (Å²) >= 11 is 11.6. The second-order valence-corrected chi connectivity index (χ2v) is 3.84. The van der Waals surface area contributed by atoms with E-state index in [1.165, 1.54) is 0 Å². The number of anilines is 1. The van der Waals surface area contributed by atoms with Crippen molar-refractivity contribution in [3.8, 4) is 0 Å². The molecule has 0 spiro atoms. The van der Waals surface area contributed by atoms with Gasteiger partial charge < -0.3 is 10.6 Å². The molecule has 1 aliphatic heterocycles. The van der Waals surface area contributed by atoms with Crippen LogP contribution in [-0.2, 0) is 0 Å². The van der Waals surface area contributed by atoms with Crippen LogP contribution in [0.15, 0.2) is 42.2 Å². The molecule has 0 fully saturated rings. The number of halogens is 2. The van der Waals surface area contributed by atoms with Crippen LogP contribution in [0.5, 0.6) is 0 Å². The van der Waals surface area contributed by atoms with Crippen LogP contribution < -0.4 is 10.6 Å². The molecular formula is C10H9Cl2N3. The first-order valence-electron chi connectivity index (χ1n) is 4.43. The molecule has 1 atom stereocenters. The van der Waals surface area contributed by atoms with E-state index in [1.54, 1.807) is 6.07 Å². The lowest BCUT2D eigenvalue weighted by molar-refractivity contribution is 0.837. The van der Waals surface area contributed by atoms with Gasteiger partial charge in [0.15, 0.2) is 0 Å². The molecule has 5 heteroatoms. The molecule has 0 bridgehead atoms. The Balaban J connectivity index is 2.09. The average Bonchev–Trinajstić information content (AvgIpc) is 2.17. The van der Waals surface area contributed by atoms with Gasteiger partial charge in [-0.15, -0.1) is 0 Å². The van der Waals surface area contributed by atoms with Gasteiger partial charge in [-0.3, -0.25) is 0 Å². The van der Waals surface area contributed by atoms with E-state index in [2.05, 4.69) is 15.6 Å². The van der Waals surface area contributed by atoms with Crippen molar-refractivity contribution < 1.29 is 0 Å². The maximum Gasteiger partial charge on any atom is 0.133 e. The molecule has 78 valence electrons. The minimum absolute atomic E-state index is 0.198. The first-order valence-corrected chi connectivity index (χ1v) is 5.24. The van der Waals surface area contributed by atoms with Gasteiger partial charge in [0, 0.05) is 0 Å². The summed E-state index contributed by atoms with van der Waals surface area (Å²) in [6.07, 6.45) is 5.60. The summed E-state index contributed by atoms with van der Waals surface area (Å²) in [7, 11) is 0. The summed E-state index contributed by atoms with van der Waals surface area (Å²) in [5.41, 5.74) is -0.198. The minimum atomic E-state index is -0.198. The Morgan fingerprint density at radius 3 is 3.00 bits per heavy atom. The Morgan fingerprint density at radius 2 is 2.27 bits per heavy atom. The molecule has 0 amide bonds. The van der Waals surface area contributed by atoms with Crippen LogP contribution in [0.4, 0.5) is 5.82 Å². The second kappa shape index (κ2) is 4.55. The van der Waals surface area contributed by atoms with Crippen molar-refractivity contribution in [2.45, 2.75) is 5.50 Å². The van der Waals surface area contributed by atoms with Crippen molar-refractivity contribution in [2.75, 3.05) is 5.32 Å². The van der Waals surface area contributed by atoms with Crippen LogP contribution in [-0.4, -0.2) is 10.5 Å². The van der Waals surface area contributed by atoms with Gasteiger partial charge in [0.25, 0.3) is 0 Å². The normalized spacial score (nSPS) is 19.3. The van der Waals surface area contributed by atoms with Gasteiger partial charge >= 0.3 is 0 Å². The van der Waals surface area contributed by atoms with E-state index < -0.39 is 0 Å². The molecule has 1 unspecified atom stereocenters. The number of alkyl halides is 1. The molecule has 0 aliphatic carbocycles. The van der Waals surface area contributed by atoms with Gasteiger partial charge in [-0.1, -0.05) is 35.3 Å². The Hall–Kier alpha value is -1.19. The van der Waals surface area contributed by atoms with Gasteiger partial charge in [-0.05, 0) is 24.3 Å². The molecular weight excluding hydrogens is 233 g/mol. The van der Waals surface area contributed by atoms with Crippen molar-refractivity contribution in [2.24, 2.45) is 0 Å². The Bertz CT molecular complexity index is 415. The largest absolute Gasteiger partial charge is 0.352 e. The fourth-order valence-corrected chi connectivity index (χ4v) is 1.55. The zero-order valence-electron chi connectivity index (χ0n) is 7.74. The lowest BCUT2D eigenvalue weighted by atomic mass is 10.3.